The summed E-state index contributed by atoms with van der Waals surface area (Å²) in [5.41, 5.74) is 0. The van der Waals surface area contributed by atoms with Crippen LogP contribution in [-0.4, -0.2) is 23.7 Å². The van der Waals surface area contributed by atoms with Crippen LogP contribution in [0.2, 0.25) is 0 Å². The minimum absolute atomic E-state index is 0.232. The lowest BCUT2D eigenvalue weighted by atomic mass is 10.3. The Labute approximate surface area is 153 Å². The second-order valence-corrected chi connectivity index (χ2v) is 8.27. The molecule has 5 heteroatoms. The van der Waals surface area contributed by atoms with Gasteiger partial charge in [0.15, 0.2) is 0 Å². The predicted octanol–water partition coefficient (Wildman–Crippen LogP) is 5.23. The van der Waals surface area contributed by atoms with Gasteiger partial charge in [0.05, 0.1) is 13.2 Å². The van der Waals surface area contributed by atoms with Crippen molar-refractivity contribution < 1.29 is 9.47 Å². The summed E-state index contributed by atoms with van der Waals surface area (Å²) in [6, 6.07) is 16.2. The minimum atomic E-state index is 0.232. The maximum atomic E-state index is 5.63. The molecule has 0 saturated heterocycles. The highest BCUT2D eigenvalue weighted by Crippen LogP contribution is 2.30. The van der Waals surface area contributed by atoms with Crippen LogP contribution in [0, 0.1) is 0 Å². The summed E-state index contributed by atoms with van der Waals surface area (Å²) < 4.78 is 11.3. The van der Waals surface area contributed by atoms with Gasteiger partial charge in [-0.3, -0.25) is 0 Å². The van der Waals surface area contributed by atoms with Crippen LogP contribution in [-0.2, 0) is 0 Å². The van der Waals surface area contributed by atoms with E-state index in [9.17, 15) is 0 Å². The highest BCUT2D eigenvalue weighted by molar-refractivity contribution is 7.99. The van der Waals surface area contributed by atoms with Gasteiger partial charge in [0, 0.05) is 20.3 Å². The van der Waals surface area contributed by atoms with Crippen molar-refractivity contribution in [1.29, 1.82) is 0 Å². The topological polar surface area (TPSA) is 18.5 Å². The molecular weight excluding hydrogens is 344 g/mol. The molecule has 0 amide bonds. The van der Waals surface area contributed by atoms with Gasteiger partial charge in [-0.2, -0.15) is 25.3 Å². The number of hydrogen-bond acceptors (Lipinski definition) is 5. The number of rotatable bonds is 8. The Balaban J connectivity index is 1.88. The molecule has 0 bridgehead atoms. The van der Waals surface area contributed by atoms with Crippen LogP contribution in [0.5, 0.6) is 11.5 Å². The molecular formula is C18H22O2S3. The van der Waals surface area contributed by atoms with Gasteiger partial charge in [-0.05, 0) is 48.5 Å². The van der Waals surface area contributed by atoms with Crippen molar-refractivity contribution in [2.75, 3.05) is 13.2 Å². The van der Waals surface area contributed by atoms with Gasteiger partial charge in [-0.15, -0.1) is 0 Å². The van der Waals surface area contributed by atoms with Gasteiger partial charge in [-0.25, -0.2) is 0 Å². The van der Waals surface area contributed by atoms with Crippen LogP contribution in [0.25, 0.3) is 0 Å². The van der Waals surface area contributed by atoms with Crippen molar-refractivity contribution in [3.63, 3.8) is 0 Å². The smallest absolute Gasteiger partial charge is 0.119 e. The van der Waals surface area contributed by atoms with Crippen molar-refractivity contribution in [2.24, 2.45) is 0 Å². The lowest BCUT2D eigenvalue weighted by molar-refractivity contribution is 0.322. The summed E-state index contributed by atoms with van der Waals surface area (Å²) in [5, 5.41) is 0.464. The summed E-state index contributed by atoms with van der Waals surface area (Å²) in [4.78, 5) is 2.35. The van der Waals surface area contributed by atoms with E-state index in [1.54, 1.807) is 11.8 Å². The molecule has 0 aromatic heterocycles. The zero-order valence-electron chi connectivity index (χ0n) is 13.3. The molecule has 2 atom stereocenters. The average Bonchev–Trinajstić information content (AvgIpc) is 2.53. The van der Waals surface area contributed by atoms with Crippen LogP contribution in [0.15, 0.2) is 58.3 Å². The predicted molar refractivity (Wildman–Crippen MR) is 105 cm³/mol. The maximum Gasteiger partial charge on any atom is 0.119 e. The lowest BCUT2D eigenvalue weighted by Gasteiger charge is -2.10. The van der Waals surface area contributed by atoms with Gasteiger partial charge < -0.3 is 9.47 Å². The Hall–Kier alpha value is -0.910. The molecule has 124 valence electrons. The molecule has 0 N–H and O–H groups in total. The van der Waals surface area contributed by atoms with Gasteiger partial charge in [0.2, 0.25) is 0 Å². The number of thiol groups is 2. The van der Waals surface area contributed by atoms with Crippen molar-refractivity contribution in [3.8, 4) is 11.5 Å². The van der Waals surface area contributed by atoms with Crippen molar-refractivity contribution in [1.82, 2.24) is 0 Å². The van der Waals surface area contributed by atoms with Gasteiger partial charge in [-0.1, -0.05) is 25.6 Å². The van der Waals surface area contributed by atoms with Gasteiger partial charge >= 0.3 is 0 Å². The third-order valence-electron chi connectivity index (χ3n) is 2.87. The summed E-state index contributed by atoms with van der Waals surface area (Å²) in [7, 11) is 0. The third-order valence-corrected chi connectivity index (χ3v) is 4.18. The van der Waals surface area contributed by atoms with E-state index in [2.05, 4.69) is 49.5 Å². The fourth-order valence-corrected chi connectivity index (χ4v) is 2.74. The van der Waals surface area contributed by atoms with Crippen molar-refractivity contribution in [3.05, 3.63) is 48.5 Å². The fraction of sp³-hybridized carbons (Fsp3) is 0.333. The highest BCUT2D eigenvalue weighted by Gasteiger charge is 2.02. The van der Waals surface area contributed by atoms with Crippen LogP contribution in [0.4, 0.5) is 0 Å². The Bertz CT molecular complexity index is 527. The van der Waals surface area contributed by atoms with Gasteiger partial charge in [0.1, 0.15) is 11.5 Å². The SMILES string of the molecule is CC(S)COc1ccc(Sc2ccc(OCC(C)S)cc2)cc1. The Morgan fingerprint density at radius 2 is 1.09 bits per heavy atom. The van der Waals surface area contributed by atoms with Crippen LogP contribution < -0.4 is 9.47 Å². The van der Waals surface area contributed by atoms with Crippen LogP contribution in [0.1, 0.15) is 13.8 Å². The molecule has 2 unspecified atom stereocenters. The molecule has 0 aliphatic carbocycles. The maximum absolute atomic E-state index is 5.63. The highest BCUT2D eigenvalue weighted by atomic mass is 32.2. The van der Waals surface area contributed by atoms with E-state index in [1.807, 2.05) is 38.1 Å². The second-order valence-electron chi connectivity index (χ2n) is 5.36. The van der Waals surface area contributed by atoms with E-state index in [0.29, 0.717) is 13.2 Å². The molecule has 2 rings (SSSR count). The normalized spacial score (nSPS) is 13.4. The molecule has 2 nitrogen and oxygen atoms in total. The zero-order chi connectivity index (χ0) is 16.7. The van der Waals surface area contributed by atoms with Crippen LogP contribution in [0.3, 0.4) is 0 Å². The largest absolute Gasteiger partial charge is 0.492 e. The first kappa shape index (κ1) is 18.4. The lowest BCUT2D eigenvalue weighted by Crippen LogP contribution is -2.07. The standard InChI is InChI=1S/C18H22O2S3/c1-13(21)11-19-15-3-7-17(8-4-15)23-18-9-5-16(6-10-18)20-12-14(2)22/h3-10,13-14,21-22H,11-12H2,1-2H3. The fourth-order valence-electron chi connectivity index (χ4n) is 1.78. The molecule has 0 fully saturated rings. The summed E-state index contributed by atoms with van der Waals surface area (Å²) in [5.74, 6) is 1.75. The number of hydrogen-bond donors (Lipinski definition) is 2. The van der Waals surface area contributed by atoms with E-state index in [0.717, 1.165) is 11.5 Å². The monoisotopic (exact) mass is 366 g/mol. The van der Waals surface area contributed by atoms with E-state index in [1.165, 1.54) is 9.79 Å². The summed E-state index contributed by atoms with van der Waals surface area (Å²) >= 11 is 10.3. The van der Waals surface area contributed by atoms with Crippen LogP contribution >= 0.6 is 37.0 Å². The first-order chi connectivity index (χ1) is 11.0. The Kier molecular flexibility index (Phi) is 7.53. The first-order valence-corrected chi connectivity index (χ1v) is 9.37. The molecule has 0 aliphatic rings. The number of ether oxygens (including phenoxy) is 2. The third kappa shape index (κ3) is 7.02. The molecule has 0 heterocycles. The van der Waals surface area contributed by atoms with E-state index < -0.39 is 0 Å². The molecule has 0 aliphatic heterocycles. The quantitative estimate of drug-likeness (QED) is 0.624. The van der Waals surface area contributed by atoms with Crippen molar-refractivity contribution in [2.45, 2.75) is 34.1 Å². The molecule has 2 aromatic rings. The average molecular weight is 367 g/mol. The van der Waals surface area contributed by atoms with Gasteiger partial charge in [0.25, 0.3) is 0 Å². The summed E-state index contributed by atoms with van der Waals surface area (Å²) in [6.07, 6.45) is 0. The minimum Gasteiger partial charge on any atom is -0.492 e. The van der Waals surface area contributed by atoms with E-state index >= 15 is 0 Å². The molecule has 2 aromatic carbocycles. The van der Waals surface area contributed by atoms with E-state index in [-0.39, 0.29) is 10.5 Å². The molecule has 0 radical (unpaired) electrons. The molecule has 23 heavy (non-hydrogen) atoms. The first-order valence-electron chi connectivity index (χ1n) is 7.52. The number of benzene rings is 2. The van der Waals surface area contributed by atoms with E-state index in [4.69, 9.17) is 9.47 Å². The summed E-state index contributed by atoms with van der Waals surface area (Å²) in [6.45, 7) is 5.25. The Morgan fingerprint density at radius 1 is 0.739 bits per heavy atom. The second kappa shape index (κ2) is 9.40. The molecule has 0 saturated carbocycles. The molecule has 0 spiro atoms. The zero-order valence-corrected chi connectivity index (χ0v) is 15.9. The van der Waals surface area contributed by atoms with Crippen molar-refractivity contribution >= 4 is 37.0 Å². The Morgan fingerprint density at radius 3 is 1.39 bits per heavy atom.